The smallest absolute Gasteiger partial charge is 0.245 e. The predicted octanol–water partition coefficient (Wildman–Crippen LogP) is 5.37. The van der Waals surface area contributed by atoms with Gasteiger partial charge in [-0.05, 0) is 77.0 Å². The van der Waals surface area contributed by atoms with E-state index in [1.54, 1.807) is 0 Å². The molecule has 6 rings (SSSR count). The van der Waals surface area contributed by atoms with Crippen LogP contribution in [-0.2, 0) is 9.53 Å². The van der Waals surface area contributed by atoms with Crippen molar-refractivity contribution in [2.75, 3.05) is 57.4 Å². The number of anilines is 1. The number of aromatic amines is 1. The predicted molar refractivity (Wildman–Crippen MR) is 168 cm³/mol. The van der Waals surface area contributed by atoms with Gasteiger partial charge in [-0.15, -0.1) is 0 Å². The van der Waals surface area contributed by atoms with Crippen LogP contribution in [0, 0.1) is 19.8 Å². The average Bonchev–Trinajstić information content (AvgIpc) is 3.57. The number of aryl methyl sites for hydroxylation is 1. The second kappa shape index (κ2) is 11.7. The number of hydrogen-bond donors (Lipinski definition) is 1. The largest absolute Gasteiger partial charge is 0.379 e. The van der Waals surface area contributed by atoms with Gasteiger partial charge in [-0.3, -0.25) is 19.5 Å². The molecule has 1 atom stereocenters. The zero-order valence-corrected chi connectivity index (χ0v) is 26.2. The normalized spacial score (nSPS) is 22.2. The van der Waals surface area contributed by atoms with Gasteiger partial charge < -0.3 is 14.5 Å². The first-order valence-corrected chi connectivity index (χ1v) is 15.8. The highest BCUT2D eigenvalue weighted by Gasteiger charge is 2.40. The summed E-state index contributed by atoms with van der Waals surface area (Å²) in [5, 5.41) is 14.7. The van der Waals surface area contributed by atoms with E-state index in [0.717, 1.165) is 109 Å². The van der Waals surface area contributed by atoms with Crippen LogP contribution >= 0.6 is 11.6 Å². The van der Waals surface area contributed by atoms with Gasteiger partial charge in [0.05, 0.1) is 36.0 Å². The molecular formula is C32H44ClN7O2. The van der Waals surface area contributed by atoms with Gasteiger partial charge in [0.2, 0.25) is 5.91 Å². The van der Waals surface area contributed by atoms with Gasteiger partial charge in [0.1, 0.15) is 0 Å². The summed E-state index contributed by atoms with van der Waals surface area (Å²) in [5.41, 5.74) is 5.12. The minimum atomic E-state index is -0.0822. The summed E-state index contributed by atoms with van der Waals surface area (Å²) in [6.07, 6.45) is 7.23. The Morgan fingerprint density at radius 1 is 1.14 bits per heavy atom. The molecule has 0 unspecified atom stereocenters. The standard InChI is InChI=1S/C32H44ClN7O2/c1-6-27(41)38-10-8-24(9-11-38)40-22(3)28(29-25-19-34-35-26(25)17-21(2)30(29)33)31(36-40)39-12-7-23(18-32(39,4)5)20-37-13-15-42-16-14-37/h6,17,19,23-24H,1,7-16,18,20H2,2-5H3,(H,34,35)/t23-/m1/s1. The molecule has 0 radical (unpaired) electrons. The molecule has 42 heavy (non-hydrogen) atoms. The van der Waals surface area contributed by atoms with Crippen molar-refractivity contribution in [3.63, 3.8) is 0 Å². The van der Waals surface area contributed by atoms with Gasteiger partial charge in [-0.25, -0.2) is 0 Å². The third kappa shape index (κ3) is 5.35. The minimum Gasteiger partial charge on any atom is -0.379 e. The van der Waals surface area contributed by atoms with E-state index in [0.29, 0.717) is 19.0 Å². The van der Waals surface area contributed by atoms with Crippen molar-refractivity contribution in [3.05, 3.63) is 41.2 Å². The molecule has 5 heterocycles. The molecule has 226 valence electrons. The summed E-state index contributed by atoms with van der Waals surface area (Å²) in [4.78, 5) is 19.2. The summed E-state index contributed by atoms with van der Waals surface area (Å²) < 4.78 is 7.81. The highest BCUT2D eigenvalue weighted by atomic mass is 35.5. The summed E-state index contributed by atoms with van der Waals surface area (Å²) in [5.74, 6) is 1.64. The van der Waals surface area contributed by atoms with Crippen LogP contribution in [0.1, 0.15) is 56.8 Å². The minimum absolute atomic E-state index is 0.00241. The zero-order chi connectivity index (χ0) is 29.6. The summed E-state index contributed by atoms with van der Waals surface area (Å²) in [6.45, 7) is 19.8. The second-order valence-electron chi connectivity index (χ2n) is 12.9. The lowest BCUT2D eigenvalue weighted by Gasteiger charge is -2.47. The summed E-state index contributed by atoms with van der Waals surface area (Å²) in [7, 11) is 0. The molecule has 3 aliphatic heterocycles. The lowest BCUT2D eigenvalue weighted by Crippen LogP contribution is -2.53. The quantitative estimate of drug-likeness (QED) is 0.387. The number of fused-ring (bicyclic) bond motifs is 1. The average molecular weight is 594 g/mol. The van der Waals surface area contributed by atoms with Gasteiger partial charge in [0.15, 0.2) is 5.82 Å². The van der Waals surface area contributed by atoms with Crippen molar-refractivity contribution in [1.82, 2.24) is 29.8 Å². The zero-order valence-electron chi connectivity index (χ0n) is 25.5. The number of hydrogen-bond acceptors (Lipinski definition) is 6. The van der Waals surface area contributed by atoms with E-state index in [9.17, 15) is 4.79 Å². The first-order valence-electron chi connectivity index (χ1n) is 15.4. The summed E-state index contributed by atoms with van der Waals surface area (Å²) >= 11 is 7.15. The van der Waals surface area contributed by atoms with E-state index < -0.39 is 0 Å². The number of carbonyl (C=O) groups is 1. The molecule has 0 aliphatic carbocycles. The van der Waals surface area contributed by atoms with Crippen LogP contribution < -0.4 is 4.90 Å². The molecule has 1 N–H and O–H groups in total. The third-order valence-corrected chi connectivity index (χ3v) is 10.2. The number of H-pyrrole nitrogens is 1. The lowest BCUT2D eigenvalue weighted by molar-refractivity contribution is -0.127. The molecule has 0 spiro atoms. The Hall–Kier alpha value is -2.88. The first-order chi connectivity index (χ1) is 20.2. The second-order valence-corrected chi connectivity index (χ2v) is 13.3. The maximum atomic E-state index is 12.3. The van der Waals surface area contributed by atoms with Gasteiger partial charge in [0.25, 0.3) is 0 Å². The van der Waals surface area contributed by atoms with Crippen LogP contribution in [-0.4, -0.2) is 93.7 Å². The van der Waals surface area contributed by atoms with Gasteiger partial charge >= 0.3 is 0 Å². The van der Waals surface area contributed by atoms with E-state index in [2.05, 4.69) is 65.0 Å². The van der Waals surface area contributed by atoms with E-state index in [4.69, 9.17) is 21.4 Å². The SMILES string of the molecule is C=CC(=O)N1CCC(n2nc(N3CC[C@@H](CN4CCOCC4)CC3(C)C)c(-c3c(Cl)c(C)cc4[nH]ncc34)c2C)CC1. The van der Waals surface area contributed by atoms with Crippen LogP contribution in [0.3, 0.4) is 0 Å². The molecule has 0 bridgehead atoms. The van der Waals surface area contributed by atoms with Crippen LogP contribution in [0.2, 0.25) is 5.02 Å². The number of nitrogens with one attached hydrogen (secondary N) is 1. The van der Waals surface area contributed by atoms with E-state index in [1.807, 2.05) is 11.1 Å². The fraction of sp³-hybridized carbons (Fsp3) is 0.594. The molecule has 1 amide bonds. The molecule has 3 fully saturated rings. The Morgan fingerprint density at radius 2 is 1.88 bits per heavy atom. The Kier molecular flexibility index (Phi) is 8.11. The molecule has 1 aromatic carbocycles. The number of carbonyl (C=O) groups excluding carboxylic acids is 1. The lowest BCUT2D eigenvalue weighted by atomic mass is 9.81. The molecule has 3 aliphatic rings. The van der Waals surface area contributed by atoms with Crippen molar-refractivity contribution in [3.8, 4) is 11.1 Å². The highest BCUT2D eigenvalue weighted by molar-refractivity contribution is 6.36. The number of benzene rings is 1. The molecule has 3 aromatic rings. The number of halogens is 1. The number of amides is 1. The fourth-order valence-corrected chi connectivity index (χ4v) is 7.73. The molecule has 10 heteroatoms. The maximum Gasteiger partial charge on any atom is 0.245 e. The monoisotopic (exact) mass is 593 g/mol. The number of rotatable bonds is 6. The third-order valence-electron chi connectivity index (χ3n) is 9.70. The number of likely N-dealkylation sites (tertiary alicyclic amines) is 1. The highest BCUT2D eigenvalue weighted by Crippen LogP contribution is 2.47. The first kappa shape index (κ1) is 29.2. The number of morpholine rings is 1. The van der Waals surface area contributed by atoms with Crippen LogP contribution in [0.5, 0.6) is 0 Å². The number of nitrogens with zero attached hydrogens (tertiary/aromatic N) is 6. The Labute approximate surface area is 253 Å². The van der Waals surface area contributed by atoms with Crippen LogP contribution in [0.15, 0.2) is 24.9 Å². The van der Waals surface area contributed by atoms with Gasteiger partial charge in [-0.1, -0.05) is 18.2 Å². The molecule has 9 nitrogen and oxygen atoms in total. The summed E-state index contributed by atoms with van der Waals surface area (Å²) in [6, 6.07) is 2.28. The van der Waals surface area contributed by atoms with Crippen molar-refractivity contribution in [2.24, 2.45) is 5.92 Å². The number of ether oxygens (including phenoxy) is 1. The van der Waals surface area contributed by atoms with Gasteiger partial charge in [0, 0.05) is 67.0 Å². The van der Waals surface area contributed by atoms with Gasteiger partial charge in [-0.2, -0.15) is 10.2 Å². The number of piperidine rings is 2. The van der Waals surface area contributed by atoms with Crippen molar-refractivity contribution < 1.29 is 9.53 Å². The molecule has 3 saturated heterocycles. The van der Waals surface area contributed by atoms with Crippen molar-refractivity contribution in [2.45, 2.75) is 65.0 Å². The Morgan fingerprint density at radius 3 is 2.57 bits per heavy atom. The molecule has 0 saturated carbocycles. The van der Waals surface area contributed by atoms with Crippen LogP contribution in [0.4, 0.5) is 5.82 Å². The fourth-order valence-electron chi connectivity index (χ4n) is 7.48. The number of aromatic nitrogens is 4. The topological polar surface area (TPSA) is 82.5 Å². The molecular weight excluding hydrogens is 550 g/mol. The van der Waals surface area contributed by atoms with E-state index in [-0.39, 0.29) is 17.5 Å². The van der Waals surface area contributed by atoms with Crippen molar-refractivity contribution >= 4 is 34.2 Å². The van der Waals surface area contributed by atoms with Crippen LogP contribution in [0.25, 0.3) is 22.0 Å². The maximum absolute atomic E-state index is 12.3. The van der Waals surface area contributed by atoms with E-state index >= 15 is 0 Å². The Bertz CT molecular complexity index is 1460. The van der Waals surface area contributed by atoms with E-state index in [1.165, 1.54) is 6.08 Å². The molecule has 2 aromatic heterocycles. The Balaban J connectivity index is 1.39. The van der Waals surface area contributed by atoms with Crippen molar-refractivity contribution in [1.29, 1.82) is 0 Å².